The van der Waals surface area contributed by atoms with Crippen LogP contribution in [0.15, 0.2) is 47.0 Å². The van der Waals surface area contributed by atoms with E-state index in [2.05, 4.69) is 15.5 Å². The molecule has 1 aromatic heterocycles. The number of amides is 1. The molecular formula is C19H14Cl2N4O6. The van der Waals surface area contributed by atoms with Gasteiger partial charge in [-0.05, 0) is 30.3 Å². The Morgan fingerprint density at radius 1 is 1.16 bits per heavy atom. The van der Waals surface area contributed by atoms with Crippen molar-refractivity contribution in [3.63, 3.8) is 0 Å². The van der Waals surface area contributed by atoms with Crippen LogP contribution in [0.4, 0.5) is 11.4 Å². The van der Waals surface area contributed by atoms with Gasteiger partial charge >= 0.3 is 5.97 Å². The maximum Gasteiger partial charge on any atom is 0.306 e. The molecule has 0 saturated heterocycles. The second kappa shape index (κ2) is 10.0. The van der Waals surface area contributed by atoms with Crippen molar-refractivity contribution in [3.8, 4) is 11.4 Å². The average Bonchev–Trinajstić information content (AvgIpc) is 3.21. The lowest BCUT2D eigenvalue weighted by molar-refractivity contribution is -0.384. The normalized spacial score (nSPS) is 10.5. The van der Waals surface area contributed by atoms with Crippen LogP contribution in [0.25, 0.3) is 11.4 Å². The van der Waals surface area contributed by atoms with Gasteiger partial charge in [0.1, 0.15) is 0 Å². The van der Waals surface area contributed by atoms with Crippen LogP contribution in [0.1, 0.15) is 12.3 Å². The van der Waals surface area contributed by atoms with Crippen LogP contribution in [-0.2, 0) is 20.7 Å². The minimum absolute atomic E-state index is 0.0394. The number of hydrogen-bond acceptors (Lipinski definition) is 8. The molecule has 1 amide bonds. The van der Waals surface area contributed by atoms with E-state index in [9.17, 15) is 19.7 Å². The number of carbonyl (C=O) groups is 2. The number of halogens is 2. The summed E-state index contributed by atoms with van der Waals surface area (Å²) in [5.74, 6) is -0.770. The molecule has 0 unspecified atom stereocenters. The lowest BCUT2D eigenvalue weighted by Gasteiger charge is -2.07. The molecule has 1 heterocycles. The third-order valence-corrected chi connectivity index (χ3v) is 4.49. The third kappa shape index (κ3) is 6.24. The first kappa shape index (κ1) is 22.2. The van der Waals surface area contributed by atoms with Crippen LogP contribution in [-0.4, -0.2) is 33.5 Å². The van der Waals surface area contributed by atoms with Crippen molar-refractivity contribution in [1.82, 2.24) is 10.1 Å². The van der Waals surface area contributed by atoms with E-state index in [4.69, 9.17) is 32.5 Å². The zero-order chi connectivity index (χ0) is 22.4. The molecule has 160 valence electrons. The van der Waals surface area contributed by atoms with E-state index in [1.165, 1.54) is 12.1 Å². The zero-order valence-electron chi connectivity index (χ0n) is 15.7. The number of aryl methyl sites for hydroxylation is 1. The molecule has 1 N–H and O–H groups in total. The number of nitrogens with one attached hydrogen (secondary N) is 1. The van der Waals surface area contributed by atoms with E-state index < -0.39 is 23.4 Å². The fourth-order valence-electron chi connectivity index (χ4n) is 2.41. The minimum Gasteiger partial charge on any atom is -0.456 e. The van der Waals surface area contributed by atoms with E-state index >= 15 is 0 Å². The molecule has 0 bridgehead atoms. The van der Waals surface area contributed by atoms with Crippen molar-refractivity contribution >= 4 is 46.5 Å². The standard InChI is InChI=1S/C19H14Cl2N4O6/c20-12-3-1-11(2-4-12)19-23-17(31-24-19)7-8-18(27)30-10-16(26)22-15-9-13(25(28)29)5-6-14(15)21/h1-6,9H,7-8,10H2,(H,22,26). The van der Waals surface area contributed by atoms with Crippen LogP contribution in [0, 0.1) is 10.1 Å². The van der Waals surface area contributed by atoms with Crippen molar-refractivity contribution in [2.45, 2.75) is 12.8 Å². The number of rotatable bonds is 8. The van der Waals surface area contributed by atoms with Crippen molar-refractivity contribution in [2.75, 3.05) is 11.9 Å². The van der Waals surface area contributed by atoms with E-state index in [1.54, 1.807) is 24.3 Å². The van der Waals surface area contributed by atoms with Crippen molar-refractivity contribution < 1.29 is 23.8 Å². The van der Waals surface area contributed by atoms with Gasteiger partial charge in [0.25, 0.3) is 11.6 Å². The van der Waals surface area contributed by atoms with Gasteiger partial charge < -0.3 is 14.6 Å². The third-order valence-electron chi connectivity index (χ3n) is 3.91. The molecule has 3 rings (SSSR count). The first-order valence-corrected chi connectivity index (χ1v) is 9.55. The predicted octanol–water partition coefficient (Wildman–Crippen LogP) is 4.07. The molecule has 0 saturated carbocycles. The molecule has 12 heteroatoms. The van der Waals surface area contributed by atoms with Gasteiger partial charge in [-0.2, -0.15) is 4.98 Å². The van der Waals surface area contributed by atoms with E-state index in [1.807, 2.05) is 0 Å². The van der Waals surface area contributed by atoms with Crippen LogP contribution >= 0.6 is 23.2 Å². The SMILES string of the molecule is O=C(COC(=O)CCc1nc(-c2ccc(Cl)cc2)no1)Nc1cc([N+](=O)[O-])ccc1Cl. The number of anilines is 1. The molecule has 0 radical (unpaired) electrons. The monoisotopic (exact) mass is 464 g/mol. The maximum absolute atomic E-state index is 11.9. The molecule has 10 nitrogen and oxygen atoms in total. The Morgan fingerprint density at radius 3 is 2.61 bits per heavy atom. The summed E-state index contributed by atoms with van der Waals surface area (Å²) < 4.78 is 9.98. The fraction of sp³-hybridized carbons (Fsp3) is 0.158. The molecule has 2 aromatic carbocycles. The number of benzene rings is 2. The van der Waals surface area contributed by atoms with Gasteiger partial charge in [-0.1, -0.05) is 28.4 Å². The highest BCUT2D eigenvalue weighted by atomic mass is 35.5. The highest BCUT2D eigenvalue weighted by Crippen LogP contribution is 2.26. The average molecular weight is 465 g/mol. The number of hydrogen-bond donors (Lipinski definition) is 1. The quantitative estimate of drug-likeness (QED) is 0.299. The topological polar surface area (TPSA) is 137 Å². The molecule has 31 heavy (non-hydrogen) atoms. The number of aromatic nitrogens is 2. The number of nitrogens with zero attached hydrogens (tertiary/aromatic N) is 3. The highest BCUT2D eigenvalue weighted by Gasteiger charge is 2.15. The first-order valence-electron chi connectivity index (χ1n) is 8.80. The van der Waals surface area contributed by atoms with E-state index in [0.717, 1.165) is 6.07 Å². The molecule has 0 aliphatic heterocycles. The highest BCUT2D eigenvalue weighted by molar-refractivity contribution is 6.33. The number of ether oxygens (including phenoxy) is 1. The zero-order valence-corrected chi connectivity index (χ0v) is 17.2. The number of non-ortho nitro benzene ring substituents is 1. The summed E-state index contributed by atoms with van der Waals surface area (Å²) in [7, 11) is 0. The summed E-state index contributed by atoms with van der Waals surface area (Å²) in [6.07, 6.45) is 0.0326. The van der Waals surface area contributed by atoms with Gasteiger partial charge in [0.15, 0.2) is 6.61 Å². The summed E-state index contributed by atoms with van der Waals surface area (Å²) in [5, 5.41) is 17.7. The molecule has 3 aromatic rings. The predicted molar refractivity (Wildman–Crippen MR) is 111 cm³/mol. The Kier molecular flexibility index (Phi) is 7.16. The maximum atomic E-state index is 11.9. The van der Waals surface area contributed by atoms with Crippen LogP contribution in [0.3, 0.4) is 0 Å². The van der Waals surface area contributed by atoms with Crippen LogP contribution in [0.2, 0.25) is 10.0 Å². The minimum atomic E-state index is -0.696. The molecule has 0 aliphatic rings. The molecular weight excluding hydrogens is 451 g/mol. The van der Waals surface area contributed by atoms with Gasteiger partial charge in [-0.15, -0.1) is 0 Å². The number of esters is 1. The van der Waals surface area contributed by atoms with Gasteiger partial charge in [0.05, 0.1) is 22.1 Å². The largest absolute Gasteiger partial charge is 0.456 e. The number of nitro benzene ring substituents is 1. The Morgan fingerprint density at radius 2 is 1.90 bits per heavy atom. The second-order valence-corrected chi connectivity index (χ2v) is 6.99. The van der Waals surface area contributed by atoms with Gasteiger partial charge in [0, 0.05) is 29.1 Å². The molecule has 0 fully saturated rings. The number of carbonyl (C=O) groups excluding carboxylic acids is 2. The van der Waals surface area contributed by atoms with E-state index in [-0.39, 0.29) is 35.1 Å². The summed E-state index contributed by atoms with van der Waals surface area (Å²) in [6, 6.07) is 10.4. The first-order chi connectivity index (χ1) is 14.8. The summed E-state index contributed by atoms with van der Waals surface area (Å²) in [6.45, 7) is -0.586. The van der Waals surface area contributed by atoms with Gasteiger partial charge in [0.2, 0.25) is 11.7 Å². The Labute approximate surface area is 185 Å². The Hall–Kier alpha value is -3.50. The van der Waals surface area contributed by atoms with Gasteiger partial charge in [-0.25, -0.2) is 0 Å². The van der Waals surface area contributed by atoms with Crippen molar-refractivity contribution in [1.29, 1.82) is 0 Å². The lowest BCUT2D eigenvalue weighted by Crippen LogP contribution is -2.21. The Balaban J connectivity index is 1.46. The molecule has 0 aliphatic carbocycles. The smallest absolute Gasteiger partial charge is 0.306 e. The molecule has 0 atom stereocenters. The van der Waals surface area contributed by atoms with Crippen LogP contribution in [0.5, 0.6) is 0 Å². The molecule has 0 spiro atoms. The Bertz CT molecular complexity index is 1120. The van der Waals surface area contributed by atoms with Crippen molar-refractivity contribution in [2.24, 2.45) is 0 Å². The lowest BCUT2D eigenvalue weighted by atomic mass is 10.2. The fourth-order valence-corrected chi connectivity index (χ4v) is 2.70. The van der Waals surface area contributed by atoms with Crippen LogP contribution < -0.4 is 5.32 Å². The second-order valence-electron chi connectivity index (χ2n) is 6.15. The van der Waals surface area contributed by atoms with E-state index in [0.29, 0.717) is 16.4 Å². The van der Waals surface area contributed by atoms with Gasteiger partial charge in [-0.3, -0.25) is 19.7 Å². The summed E-state index contributed by atoms with van der Waals surface area (Å²) >= 11 is 11.7. The summed E-state index contributed by atoms with van der Waals surface area (Å²) in [5.41, 5.74) is 0.505. The van der Waals surface area contributed by atoms with Crippen molar-refractivity contribution in [3.05, 3.63) is 68.5 Å². The summed E-state index contributed by atoms with van der Waals surface area (Å²) in [4.78, 5) is 38.2. The number of nitro groups is 1.